The number of alkyl halides is 2. The quantitative estimate of drug-likeness (QED) is 0.747. The van der Waals surface area contributed by atoms with Crippen molar-refractivity contribution >= 4 is 5.91 Å². The number of piperidine rings is 1. The van der Waals surface area contributed by atoms with Crippen LogP contribution in [0.1, 0.15) is 47.0 Å². The molecule has 1 rings (SSSR count). The number of halogens is 2. The van der Waals surface area contributed by atoms with Gasteiger partial charge >= 0.3 is 0 Å². The first-order valence-corrected chi connectivity index (χ1v) is 8.19. The Morgan fingerprint density at radius 3 is 2.36 bits per heavy atom. The Morgan fingerprint density at radius 1 is 1.27 bits per heavy atom. The minimum Gasteiger partial charge on any atom is -0.373 e. The van der Waals surface area contributed by atoms with E-state index in [1.54, 1.807) is 13.8 Å². The number of nitrogens with one attached hydrogen (secondary N) is 1. The molecule has 0 aromatic rings. The van der Waals surface area contributed by atoms with Gasteiger partial charge < -0.3 is 10.1 Å². The van der Waals surface area contributed by atoms with Crippen LogP contribution < -0.4 is 5.32 Å². The normalized spacial score (nSPS) is 18.2. The van der Waals surface area contributed by atoms with Gasteiger partial charge in [0.1, 0.15) is 6.61 Å². The summed E-state index contributed by atoms with van der Waals surface area (Å²) >= 11 is 0. The third-order valence-corrected chi connectivity index (χ3v) is 3.74. The summed E-state index contributed by atoms with van der Waals surface area (Å²) in [5.41, 5.74) is 0. The number of nitrogens with zero attached hydrogens (tertiary/aromatic N) is 1. The van der Waals surface area contributed by atoms with Gasteiger partial charge in [0.05, 0.1) is 12.6 Å². The number of likely N-dealkylation sites (tertiary alicyclic amines) is 1. The zero-order valence-corrected chi connectivity index (χ0v) is 14.2. The third-order valence-electron chi connectivity index (χ3n) is 3.74. The van der Waals surface area contributed by atoms with E-state index in [0.717, 1.165) is 0 Å². The van der Waals surface area contributed by atoms with Crippen LogP contribution in [-0.4, -0.2) is 55.1 Å². The molecule has 22 heavy (non-hydrogen) atoms. The van der Waals surface area contributed by atoms with E-state index in [4.69, 9.17) is 4.74 Å². The number of hydrogen-bond donors (Lipinski definition) is 1. The zero-order chi connectivity index (χ0) is 16.8. The molecule has 1 heterocycles. The van der Waals surface area contributed by atoms with Gasteiger partial charge in [-0.05, 0) is 59.5 Å². The van der Waals surface area contributed by atoms with E-state index in [9.17, 15) is 13.6 Å². The summed E-state index contributed by atoms with van der Waals surface area (Å²) in [5, 5.41) is 2.85. The molecule has 1 saturated heterocycles. The van der Waals surface area contributed by atoms with Crippen LogP contribution in [0.3, 0.4) is 0 Å². The van der Waals surface area contributed by atoms with Crippen LogP contribution in [0.25, 0.3) is 0 Å². The minimum atomic E-state index is -2.76. The fourth-order valence-corrected chi connectivity index (χ4v) is 2.69. The molecule has 1 N–H and O–H groups in total. The van der Waals surface area contributed by atoms with Crippen LogP contribution in [0.2, 0.25) is 0 Å². The lowest BCUT2D eigenvalue weighted by Gasteiger charge is -2.33. The number of hydrogen-bond acceptors (Lipinski definition) is 3. The van der Waals surface area contributed by atoms with Crippen molar-refractivity contribution in [2.75, 3.05) is 26.2 Å². The van der Waals surface area contributed by atoms with Gasteiger partial charge in [0, 0.05) is 12.5 Å². The van der Waals surface area contributed by atoms with Crippen molar-refractivity contribution < 1.29 is 18.3 Å². The molecule has 0 atom stereocenters. The van der Waals surface area contributed by atoms with Gasteiger partial charge in [-0.25, -0.2) is 8.78 Å². The summed E-state index contributed by atoms with van der Waals surface area (Å²) in [4.78, 5) is 13.7. The van der Waals surface area contributed by atoms with Crippen molar-refractivity contribution in [1.82, 2.24) is 10.2 Å². The lowest BCUT2D eigenvalue weighted by atomic mass is 9.91. The molecule has 4 nitrogen and oxygen atoms in total. The van der Waals surface area contributed by atoms with Crippen molar-refractivity contribution in [2.24, 2.45) is 5.92 Å². The zero-order valence-electron chi connectivity index (χ0n) is 14.2. The van der Waals surface area contributed by atoms with Gasteiger partial charge in [-0.15, -0.1) is 0 Å². The maximum atomic E-state index is 13.8. The lowest BCUT2D eigenvalue weighted by molar-refractivity contribution is -0.123. The maximum Gasteiger partial charge on any atom is 0.271 e. The Labute approximate surface area is 132 Å². The highest BCUT2D eigenvalue weighted by Crippen LogP contribution is 2.30. The Hall–Kier alpha value is -0.750. The highest BCUT2D eigenvalue weighted by molar-refractivity contribution is 5.78. The highest BCUT2D eigenvalue weighted by Gasteiger charge is 2.34. The second-order valence-corrected chi connectivity index (χ2v) is 6.86. The highest BCUT2D eigenvalue weighted by atomic mass is 19.3. The molecule has 1 fully saturated rings. The van der Waals surface area contributed by atoms with E-state index in [2.05, 4.69) is 5.32 Å². The second kappa shape index (κ2) is 8.77. The van der Waals surface area contributed by atoms with E-state index in [0.29, 0.717) is 32.5 Å². The van der Waals surface area contributed by atoms with E-state index < -0.39 is 12.5 Å². The molecule has 1 aliphatic heterocycles. The predicted octanol–water partition coefficient (Wildman–Crippen LogP) is 2.67. The maximum absolute atomic E-state index is 13.8. The predicted molar refractivity (Wildman–Crippen MR) is 83.1 cm³/mol. The van der Waals surface area contributed by atoms with Crippen LogP contribution in [0.5, 0.6) is 0 Å². The number of carbonyl (C=O) groups is 1. The number of carbonyl (C=O) groups excluding carboxylic acids is 1. The van der Waals surface area contributed by atoms with Gasteiger partial charge in [-0.3, -0.25) is 9.69 Å². The molecule has 0 saturated carbocycles. The number of rotatable bonds is 8. The molecule has 1 aliphatic rings. The lowest BCUT2D eigenvalue weighted by Crippen LogP contribution is -2.44. The van der Waals surface area contributed by atoms with Crippen molar-refractivity contribution in [1.29, 1.82) is 0 Å². The molecule has 0 aliphatic carbocycles. The third kappa shape index (κ3) is 8.03. The van der Waals surface area contributed by atoms with Crippen molar-refractivity contribution in [3.05, 3.63) is 0 Å². The standard InChI is InChI=1S/C16H30F2N2O2/c1-12(2)19-15(21)10-20-7-5-14(6-8-20)9-16(17,18)11-22-13(3)4/h12-14H,5-11H2,1-4H3,(H,19,21). The summed E-state index contributed by atoms with van der Waals surface area (Å²) in [6.07, 6.45) is 1.14. The molecule has 0 spiro atoms. The fourth-order valence-electron chi connectivity index (χ4n) is 2.69. The van der Waals surface area contributed by atoms with Crippen LogP contribution >= 0.6 is 0 Å². The van der Waals surface area contributed by atoms with E-state index in [1.807, 2.05) is 18.7 Å². The summed E-state index contributed by atoms with van der Waals surface area (Å²) < 4.78 is 32.7. The van der Waals surface area contributed by atoms with Crippen LogP contribution in [0.15, 0.2) is 0 Å². The van der Waals surface area contributed by atoms with Gasteiger partial charge in [0.25, 0.3) is 5.92 Å². The first kappa shape index (κ1) is 19.3. The van der Waals surface area contributed by atoms with Crippen LogP contribution in [0, 0.1) is 5.92 Å². The van der Waals surface area contributed by atoms with E-state index in [1.165, 1.54) is 0 Å². The van der Waals surface area contributed by atoms with Gasteiger partial charge in [0.2, 0.25) is 5.91 Å². The minimum absolute atomic E-state index is 0.00381. The number of amides is 1. The van der Waals surface area contributed by atoms with Gasteiger partial charge in [0.15, 0.2) is 0 Å². The van der Waals surface area contributed by atoms with Crippen molar-refractivity contribution in [2.45, 2.75) is 65.0 Å². The molecule has 1 amide bonds. The molecule has 0 bridgehead atoms. The summed E-state index contributed by atoms with van der Waals surface area (Å²) in [7, 11) is 0. The largest absolute Gasteiger partial charge is 0.373 e. The summed E-state index contributed by atoms with van der Waals surface area (Å²) in [5.74, 6) is -2.74. The molecular weight excluding hydrogens is 290 g/mol. The Balaban J connectivity index is 2.28. The van der Waals surface area contributed by atoms with E-state index in [-0.39, 0.29) is 30.4 Å². The Bertz CT molecular complexity index is 341. The first-order chi connectivity index (χ1) is 10.2. The van der Waals surface area contributed by atoms with E-state index >= 15 is 0 Å². The molecule has 0 aromatic heterocycles. The molecule has 0 radical (unpaired) electrons. The molecule has 0 aromatic carbocycles. The average Bonchev–Trinajstić information content (AvgIpc) is 2.37. The molecular formula is C16H30F2N2O2. The Morgan fingerprint density at radius 2 is 1.86 bits per heavy atom. The molecule has 6 heteroatoms. The van der Waals surface area contributed by atoms with Gasteiger partial charge in [-0.1, -0.05) is 0 Å². The molecule has 130 valence electrons. The van der Waals surface area contributed by atoms with Crippen molar-refractivity contribution in [3.63, 3.8) is 0 Å². The number of ether oxygens (including phenoxy) is 1. The first-order valence-electron chi connectivity index (χ1n) is 8.19. The topological polar surface area (TPSA) is 41.6 Å². The Kier molecular flexibility index (Phi) is 7.69. The fraction of sp³-hybridized carbons (Fsp3) is 0.938. The van der Waals surface area contributed by atoms with Crippen LogP contribution in [-0.2, 0) is 9.53 Å². The SMILES string of the molecule is CC(C)NC(=O)CN1CCC(CC(F)(F)COC(C)C)CC1. The summed E-state index contributed by atoms with van der Waals surface area (Å²) in [6, 6.07) is 0.129. The molecule has 0 unspecified atom stereocenters. The van der Waals surface area contributed by atoms with Crippen molar-refractivity contribution in [3.8, 4) is 0 Å². The van der Waals surface area contributed by atoms with Gasteiger partial charge in [-0.2, -0.15) is 0 Å². The average molecular weight is 320 g/mol. The monoisotopic (exact) mass is 320 g/mol. The second-order valence-electron chi connectivity index (χ2n) is 6.86. The smallest absolute Gasteiger partial charge is 0.271 e. The summed E-state index contributed by atoms with van der Waals surface area (Å²) in [6.45, 7) is 8.64. The van der Waals surface area contributed by atoms with Crippen LogP contribution in [0.4, 0.5) is 8.78 Å².